The van der Waals surface area contributed by atoms with Gasteiger partial charge in [-0.3, -0.25) is 19.7 Å². The number of nitro benzene ring substituents is 1. The van der Waals surface area contributed by atoms with Gasteiger partial charge in [-0.1, -0.05) is 0 Å². The van der Waals surface area contributed by atoms with Crippen LogP contribution in [0.25, 0.3) is 0 Å². The molecule has 0 atom stereocenters. The van der Waals surface area contributed by atoms with Gasteiger partial charge in [-0.25, -0.2) is 4.79 Å². The Bertz CT molecular complexity index is 1290. The van der Waals surface area contributed by atoms with Gasteiger partial charge in [-0.2, -0.15) is 0 Å². The quantitative estimate of drug-likeness (QED) is 0.240. The molecule has 1 heterocycles. The van der Waals surface area contributed by atoms with Gasteiger partial charge in [0.1, 0.15) is 5.75 Å². The summed E-state index contributed by atoms with van der Waals surface area (Å²) in [6, 6.07) is 9.22. The van der Waals surface area contributed by atoms with Gasteiger partial charge in [0.2, 0.25) is 0 Å². The highest BCUT2D eigenvalue weighted by Gasteiger charge is 2.22. The van der Waals surface area contributed by atoms with E-state index in [4.69, 9.17) is 23.4 Å². The van der Waals surface area contributed by atoms with Gasteiger partial charge < -0.3 is 34.0 Å². The van der Waals surface area contributed by atoms with Crippen molar-refractivity contribution in [3.8, 4) is 17.2 Å². The third-order valence-corrected chi connectivity index (χ3v) is 4.74. The minimum Gasteiger partial charge on any atom is -0.495 e. The van der Waals surface area contributed by atoms with Gasteiger partial charge in [0, 0.05) is 24.3 Å². The van der Waals surface area contributed by atoms with Crippen LogP contribution in [0.1, 0.15) is 20.9 Å². The summed E-state index contributed by atoms with van der Waals surface area (Å²) in [6.07, 6.45) is 1.31. The zero-order chi connectivity index (χ0) is 26.2. The van der Waals surface area contributed by atoms with Gasteiger partial charge in [0.25, 0.3) is 17.5 Å². The number of ether oxygens (including phenoxy) is 4. The average Bonchev–Trinajstić information content (AvgIpc) is 3.42. The lowest BCUT2D eigenvalue weighted by molar-refractivity contribution is -0.384. The van der Waals surface area contributed by atoms with E-state index in [1.807, 2.05) is 0 Å². The first-order valence-electron chi connectivity index (χ1n) is 10.2. The van der Waals surface area contributed by atoms with Crippen LogP contribution in [0.4, 0.5) is 17.1 Å². The van der Waals surface area contributed by atoms with Crippen molar-refractivity contribution in [3.63, 3.8) is 0 Å². The highest BCUT2D eigenvalue weighted by Crippen LogP contribution is 2.34. The standard InChI is InChI=1S/C23H21N3O10/c1-32-17-7-6-13(26(30)31)9-16(17)24-21(27)12-36-23(29)14-10-19(33-2)20(34-3)11-15(14)25-22(28)18-5-4-8-35-18/h4-11H,12H2,1-3H3,(H,24,27)(H,25,28). The zero-order valence-corrected chi connectivity index (χ0v) is 19.4. The number of hydrogen-bond acceptors (Lipinski definition) is 10. The van der Waals surface area contributed by atoms with Gasteiger partial charge in [-0.05, 0) is 18.2 Å². The molecule has 3 rings (SSSR count). The lowest BCUT2D eigenvalue weighted by Crippen LogP contribution is -2.22. The van der Waals surface area contributed by atoms with Crippen molar-refractivity contribution in [2.45, 2.75) is 0 Å². The maximum Gasteiger partial charge on any atom is 0.340 e. The van der Waals surface area contributed by atoms with Crippen molar-refractivity contribution < 1.29 is 42.7 Å². The molecule has 0 aliphatic rings. The summed E-state index contributed by atoms with van der Waals surface area (Å²) in [5.74, 6) is -1.84. The minimum atomic E-state index is -0.966. The summed E-state index contributed by atoms with van der Waals surface area (Å²) in [7, 11) is 4.06. The van der Waals surface area contributed by atoms with Crippen LogP contribution < -0.4 is 24.8 Å². The number of benzene rings is 2. The Kier molecular flexibility index (Phi) is 8.07. The molecule has 2 aromatic carbocycles. The van der Waals surface area contributed by atoms with Crippen LogP contribution in [0.3, 0.4) is 0 Å². The van der Waals surface area contributed by atoms with Crippen LogP contribution >= 0.6 is 0 Å². The van der Waals surface area contributed by atoms with Crippen molar-refractivity contribution in [1.29, 1.82) is 0 Å². The van der Waals surface area contributed by atoms with E-state index in [1.165, 1.54) is 64.0 Å². The fourth-order valence-corrected chi connectivity index (χ4v) is 3.05. The smallest absolute Gasteiger partial charge is 0.340 e. The number of amides is 2. The predicted octanol–water partition coefficient (Wildman–Crippen LogP) is 3.26. The molecule has 3 aromatic rings. The maximum atomic E-state index is 12.8. The summed E-state index contributed by atoms with van der Waals surface area (Å²) in [6.45, 7) is -0.745. The third kappa shape index (κ3) is 5.88. The number of hydrogen-bond donors (Lipinski definition) is 2. The minimum absolute atomic E-state index is 0.00520. The molecule has 0 aliphatic carbocycles. The van der Waals surface area contributed by atoms with Gasteiger partial charge in [-0.15, -0.1) is 0 Å². The van der Waals surface area contributed by atoms with E-state index in [0.29, 0.717) is 0 Å². The first kappa shape index (κ1) is 25.6. The molecule has 36 heavy (non-hydrogen) atoms. The van der Waals surface area contributed by atoms with E-state index in [1.54, 1.807) is 0 Å². The second-order valence-electron chi connectivity index (χ2n) is 6.95. The molecule has 0 aliphatic heterocycles. The monoisotopic (exact) mass is 499 g/mol. The van der Waals surface area contributed by atoms with E-state index in [2.05, 4.69) is 10.6 Å². The first-order valence-corrected chi connectivity index (χ1v) is 10.2. The van der Waals surface area contributed by atoms with Crippen LogP contribution in [0.15, 0.2) is 53.1 Å². The Morgan fingerprint density at radius 2 is 1.61 bits per heavy atom. The van der Waals surface area contributed by atoms with Crippen molar-refractivity contribution in [3.05, 3.63) is 70.2 Å². The van der Waals surface area contributed by atoms with Crippen LogP contribution in [0.2, 0.25) is 0 Å². The zero-order valence-electron chi connectivity index (χ0n) is 19.4. The fraction of sp³-hybridized carbons (Fsp3) is 0.174. The van der Waals surface area contributed by atoms with E-state index in [0.717, 1.165) is 6.07 Å². The van der Waals surface area contributed by atoms with Crippen molar-refractivity contribution in [2.24, 2.45) is 0 Å². The predicted molar refractivity (Wildman–Crippen MR) is 125 cm³/mol. The van der Waals surface area contributed by atoms with Crippen molar-refractivity contribution in [1.82, 2.24) is 0 Å². The average molecular weight is 499 g/mol. The molecule has 1 aromatic heterocycles. The molecule has 13 nitrogen and oxygen atoms in total. The molecule has 0 spiro atoms. The third-order valence-electron chi connectivity index (χ3n) is 4.74. The lowest BCUT2D eigenvalue weighted by atomic mass is 10.1. The SMILES string of the molecule is COc1ccc([N+](=O)[O-])cc1NC(=O)COC(=O)c1cc(OC)c(OC)cc1NC(=O)c1ccco1. The largest absolute Gasteiger partial charge is 0.495 e. The molecule has 0 bridgehead atoms. The number of nitrogens with zero attached hydrogens (tertiary/aromatic N) is 1. The van der Waals surface area contributed by atoms with Gasteiger partial charge in [0.15, 0.2) is 23.9 Å². The molecule has 0 radical (unpaired) electrons. The lowest BCUT2D eigenvalue weighted by Gasteiger charge is -2.15. The van der Waals surface area contributed by atoms with Gasteiger partial charge in [0.05, 0.1) is 49.5 Å². The molecule has 0 saturated carbocycles. The summed E-state index contributed by atoms with van der Waals surface area (Å²) >= 11 is 0. The topological polar surface area (TPSA) is 168 Å². The highest BCUT2D eigenvalue weighted by molar-refractivity contribution is 6.07. The van der Waals surface area contributed by atoms with Crippen LogP contribution in [0, 0.1) is 10.1 Å². The van der Waals surface area contributed by atoms with E-state index < -0.39 is 29.3 Å². The second kappa shape index (κ2) is 11.4. The Labute approximate surface area is 204 Å². The Hall–Kier alpha value is -5.07. The Balaban J connectivity index is 1.78. The van der Waals surface area contributed by atoms with Crippen LogP contribution in [-0.4, -0.2) is 50.6 Å². The maximum absolute atomic E-state index is 12.8. The van der Waals surface area contributed by atoms with Crippen LogP contribution in [-0.2, 0) is 9.53 Å². The molecule has 13 heteroatoms. The molecule has 188 valence electrons. The number of furan rings is 1. The number of esters is 1. The normalized spacial score (nSPS) is 10.2. The second-order valence-corrected chi connectivity index (χ2v) is 6.95. The molecule has 0 fully saturated rings. The number of non-ortho nitro benzene ring substituents is 1. The van der Waals surface area contributed by atoms with Crippen LogP contribution in [0.5, 0.6) is 17.2 Å². The number of carbonyl (C=O) groups is 3. The molecule has 0 saturated heterocycles. The summed E-state index contributed by atoms with van der Waals surface area (Å²) in [4.78, 5) is 48.1. The number of carbonyl (C=O) groups excluding carboxylic acids is 3. The summed E-state index contributed by atoms with van der Waals surface area (Å²) < 4.78 is 25.7. The number of nitrogens with one attached hydrogen (secondary N) is 2. The highest BCUT2D eigenvalue weighted by atomic mass is 16.6. The Morgan fingerprint density at radius 3 is 2.22 bits per heavy atom. The number of methoxy groups -OCH3 is 3. The molecular weight excluding hydrogens is 478 g/mol. The molecule has 0 unspecified atom stereocenters. The van der Waals surface area contributed by atoms with Crippen molar-refractivity contribution >= 4 is 34.8 Å². The van der Waals surface area contributed by atoms with E-state index in [9.17, 15) is 24.5 Å². The number of anilines is 2. The van der Waals surface area contributed by atoms with Crippen molar-refractivity contribution in [2.75, 3.05) is 38.6 Å². The Morgan fingerprint density at radius 1 is 0.917 bits per heavy atom. The summed E-state index contributed by atoms with van der Waals surface area (Å²) in [5, 5.41) is 15.9. The van der Waals surface area contributed by atoms with E-state index >= 15 is 0 Å². The van der Waals surface area contributed by atoms with Gasteiger partial charge >= 0.3 is 5.97 Å². The summed E-state index contributed by atoms with van der Waals surface area (Å²) in [5.41, 5.74) is -0.372. The number of nitro groups is 1. The molecule has 2 amide bonds. The molecule has 2 N–H and O–H groups in total. The van der Waals surface area contributed by atoms with E-state index in [-0.39, 0.29) is 45.6 Å². The molecular formula is C23H21N3O10. The first-order chi connectivity index (χ1) is 17.3. The number of rotatable bonds is 10. The fourth-order valence-electron chi connectivity index (χ4n) is 3.05.